The third kappa shape index (κ3) is 1.28. The summed E-state index contributed by atoms with van der Waals surface area (Å²) in [7, 11) is 4.77. The van der Waals surface area contributed by atoms with Crippen molar-refractivity contribution >= 4 is 55.0 Å². The Balaban J connectivity index is 1.71. The van der Waals surface area contributed by atoms with Gasteiger partial charge in [0.2, 0.25) is 0 Å². The average molecular weight is 398 g/mol. The highest BCUT2D eigenvalue weighted by Crippen LogP contribution is 2.67. The van der Waals surface area contributed by atoms with Crippen LogP contribution >= 0.6 is 37.5 Å². The number of carbonyl (C=O) groups excluding carboxylic acids is 2. The minimum atomic E-state index is -0.806. The Kier molecular flexibility index (Phi) is 2.44. The third-order valence-electron chi connectivity index (χ3n) is 4.98. The number of fused-ring (bicyclic) bond motifs is 5. The number of alkyl halides is 1. The van der Waals surface area contributed by atoms with Gasteiger partial charge in [-0.3, -0.25) is 14.5 Å². The largest absolute Gasteiger partial charge is 0.363 e. The van der Waals surface area contributed by atoms with Crippen molar-refractivity contribution in [1.82, 2.24) is 9.80 Å². The van der Waals surface area contributed by atoms with E-state index in [-0.39, 0.29) is 18.0 Å². The normalized spacial score (nSPS) is 41.4. The molecule has 2 amide bonds. The molecule has 22 heavy (non-hydrogen) atoms. The smallest absolute Gasteiger partial charge is 0.261 e. The van der Waals surface area contributed by atoms with E-state index in [0.717, 1.165) is 11.3 Å². The predicted molar refractivity (Wildman–Crippen MR) is 90.4 cm³/mol. The first-order valence-corrected chi connectivity index (χ1v) is 9.99. The van der Waals surface area contributed by atoms with Crippen molar-refractivity contribution in [2.45, 2.75) is 27.2 Å². The fraction of sp³-hybridized carbons (Fsp3) is 0.429. The standard InChI is InChI=1S/C14H12BrN3O2S2/c1-17-10-9(19)18-11-13(15,6-14(18,12(17)20)22-21-10)7-4-2-3-5-8(7)16-11/h2-5,10-11,16H,6H2,1H3/t10-,11-,13+,14-/m1/s1. The van der Waals surface area contributed by atoms with E-state index in [1.54, 1.807) is 16.8 Å². The van der Waals surface area contributed by atoms with Gasteiger partial charge < -0.3 is 10.2 Å². The Morgan fingerprint density at radius 1 is 1.36 bits per heavy atom. The van der Waals surface area contributed by atoms with Gasteiger partial charge >= 0.3 is 0 Å². The van der Waals surface area contributed by atoms with Crippen molar-refractivity contribution in [3.63, 3.8) is 0 Å². The number of amides is 2. The van der Waals surface area contributed by atoms with Gasteiger partial charge in [0, 0.05) is 19.2 Å². The number of nitrogens with zero attached hydrogens (tertiary/aromatic N) is 2. The summed E-state index contributed by atoms with van der Waals surface area (Å²) in [6.07, 6.45) is 0.361. The van der Waals surface area contributed by atoms with Crippen LogP contribution in [-0.2, 0) is 13.9 Å². The number of benzene rings is 1. The molecule has 5 aliphatic rings. The van der Waals surface area contributed by atoms with Crippen LogP contribution in [0.3, 0.4) is 0 Å². The Morgan fingerprint density at radius 2 is 2.14 bits per heavy atom. The second kappa shape index (κ2) is 3.96. The minimum absolute atomic E-state index is 0.0254. The summed E-state index contributed by atoms with van der Waals surface area (Å²) in [6.45, 7) is 0. The van der Waals surface area contributed by atoms with E-state index in [0.29, 0.717) is 6.42 Å². The van der Waals surface area contributed by atoms with Crippen LogP contribution < -0.4 is 5.32 Å². The molecule has 114 valence electrons. The molecule has 0 radical (unpaired) electrons. The zero-order valence-electron chi connectivity index (χ0n) is 11.6. The molecule has 0 unspecified atom stereocenters. The average Bonchev–Trinajstić information content (AvgIpc) is 2.92. The van der Waals surface area contributed by atoms with Gasteiger partial charge in [0.05, 0.1) is 4.32 Å². The molecule has 1 aromatic carbocycles. The van der Waals surface area contributed by atoms with E-state index in [4.69, 9.17) is 0 Å². The summed E-state index contributed by atoms with van der Waals surface area (Å²) in [6, 6.07) is 8.06. The maximum absolute atomic E-state index is 12.9. The van der Waals surface area contributed by atoms with Gasteiger partial charge in [-0.2, -0.15) is 0 Å². The molecule has 0 saturated carbocycles. The highest BCUT2D eigenvalue weighted by Gasteiger charge is 2.73. The monoisotopic (exact) mass is 397 g/mol. The molecule has 5 aliphatic heterocycles. The highest BCUT2D eigenvalue weighted by molar-refractivity contribution is 9.09. The number of rotatable bonds is 0. The number of anilines is 1. The number of hydrogen-bond donors (Lipinski definition) is 1. The van der Waals surface area contributed by atoms with Crippen molar-refractivity contribution in [1.29, 1.82) is 0 Å². The van der Waals surface area contributed by atoms with E-state index in [2.05, 4.69) is 27.3 Å². The Morgan fingerprint density at radius 3 is 2.95 bits per heavy atom. The molecule has 1 spiro atoms. The molecular weight excluding hydrogens is 386 g/mol. The highest BCUT2D eigenvalue weighted by atomic mass is 79.9. The molecule has 2 bridgehead atoms. The van der Waals surface area contributed by atoms with Gasteiger partial charge in [0.15, 0.2) is 10.2 Å². The molecule has 5 heterocycles. The molecule has 8 heteroatoms. The molecule has 1 N–H and O–H groups in total. The lowest BCUT2D eigenvalue weighted by molar-refractivity contribution is -0.157. The number of piperazine rings is 1. The van der Waals surface area contributed by atoms with Crippen molar-refractivity contribution in [3.8, 4) is 0 Å². The molecule has 4 saturated heterocycles. The van der Waals surface area contributed by atoms with Gasteiger partial charge in [0.25, 0.3) is 11.8 Å². The van der Waals surface area contributed by atoms with Gasteiger partial charge in [0.1, 0.15) is 6.17 Å². The van der Waals surface area contributed by atoms with E-state index in [1.807, 2.05) is 18.2 Å². The first-order valence-electron chi connectivity index (χ1n) is 6.99. The quantitative estimate of drug-likeness (QED) is 0.536. The van der Waals surface area contributed by atoms with E-state index in [1.165, 1.54) is 21.6 Å². The number of halogens is 1. The predicted octanol–water partition coefficient (Wildman–Crippen LogP) is 2.15. The summed E-state index contributed by atoms with van der Waals surface area (Å²) in [5.41, 5.74) is 2.16. The second-order valence-electron chi connectivity index (χ2n) is 6.07. The molecular formula is C14H12BrN3O2S2. The van der Waals surface area contributed by atoms with Crippen LogP contribution in [0.15, 0.2) is 24.3 Å². The first kappa shape index (κ1) is 13.6. The molecule has 0 aliphatic carbocycles. The van der Waals surface area contributed by atoms with Crippen LogP contribution in [0.5, 0.6) is 0 Å². The minimum Gasteiger partial charge on any atom is -0.363 e. The lowest BCUT2D eigenvalue weighted by Gasteiger charge is -2.52. The molecule has 6 rings (SSSR count). The first-order chi connectivity index (χ1) is 10.5. The van der Waals surface area contributed by atoms with Crippen LogP contribution in [0.25, 0.3) is 0 Å². The van der Waals surface area contributed by atoms with Crippen molar-refractivity contribution in [2.24, 2.45) is 0 Å². The molecule has 0 aromatic heterocycles. The Hall–Kier alpha value is -0.860. The van der Waals surface area contributed by atoms with Crippen molar-refractivity contribution < 1.29 is 9.59 Å². The van der Waals surface area contributed by atoms with Gasteiger partial charge in [-0.1, -0.05) is 55.7 Å². The number of carbonyl (C=O) groups is 2. The zero-order chi connectivity index (χ0) is 15.3. The Bertz CT molecular complexity index is 747. The summed E-state index contributed by atoms with van der Waals surface area (Å²) in [5.74, 6) is 0.0610. The van der Waals surface area contributed by atoms with Crippen LogP contribution in [-0.4, -0.2) is 45.1 Å². The summed E-state index contributed by atoms with van der Waals surface area (Å²) >= 11 is 3.88. The zero-order valence-corrected chi connectivity index (χ0v) is 14.8. The van der Waals surface area contributed by atoms with Gasteiger partial charge in [-0.25, -0.2) is 0 Å². The SMILES string of the molecule is CN1C(=O)[C@]23C[C@]4(Br)c5ccccc5N[C@@H]4N2C(=O)[C@H]1SS3. The maximum Gasteiger partial charge on any atom is 0.261 e. The number of hydrogen-bond acceptors (Lipinski definition) is 5. The summed E-state index contributed by atoms with van der Waals surface area (Å²) in [5, 5.41) is 3.03. The van der Waals surface area contributed by atoms with Crippen molar-refractivity contribution in [3.05, 3.63) is 29.8 Å². The molecule has 4 fully saturated rings. The topological polar surface area (TPSA) is 52.7 Å². The van der Waals surface area contributed by atoms with Crippen LogP contribution in [0.2, 0.25) is 0 Å². The lowest BCUT2D eigenvalue weighted by atomic mass is 9.95. The second-order valence-corrected chi connectivity index (χ2v) is 10.0. The van der Waals surface area contributed by atoms with E-state index in [9.17, 15) is 9.59 Å². The van der Waals surface area contributed by atoms with E-state index >= 15 is 0 Å². The molecule has 1 aromatic rings. The third-order valence-corrected chi connectivity index (χ3v) is 9.37. The van der Waals surface area contributed by atoms with Gasteiger partial charge in [-0.15, -0.1) is 0 Å². The number of nitrogens with one attached hydrogen (secondary N) is 1. The van der Waals surface area contributed by atoms with Crippen LogP contribution in [0.1, 0.15) is 12.0 Å². The van der Waals surface area contributed by atoms with Gasteiger partial charge in [-0.05, 0) is 11.6 Å². The van der Waals surface area contributed by atoms with Crippen molar-refractivity contribution in [2.75, 3.05) is 12.4 Å². The summed E-state index contributed by atoms with van der Waals surface area (Å²) in [4.78, 5) is 28.3. The summed E-state index contributed by atoms with van der Waals surface area (Å²) < 4.78 is -0.414. The van der Waals surface area contributed by atoms with Crippen LogP contribution in [0.4, 0.5) is 5.69 Å². The lowest BCUT2D eigenvalue weighted by Crippen LogP contribution is -2.70. The molecule has 4 atom stereocenters. The fourth-order valence-electron chi connectivity index (χ4n) is 3.97. The Labute approximate surface area is 143 Å². The number of likely N-dealkylation sites (N-methyl/N-ethyl adjacent to an activating group) is 1. The fourth-order valence-corrected chi connectivity index (χ4v) is 8.69. The molecule has 5 nitrogen and oxygen atoms in total. The maximum atomic E-state index is 12.9. The van der Waals surface area contributed by atoms with Crippen LogP contribution in [0, 0.1) is 0 Å². The number of para-hydroxylation sites is 1. The van der Waals surface area contributed by atoms with E-state index < -0.39 is 14.6 Å².